The van der Waals surface area contributed by atoms with Crippen LogP contribution in [0.1, 0.15) is 26.7 Å². The van der Waals surface area contributed by atoms with Crippen LogP contribution in [0, 0.1) is 0 Å². The lowest BCUT2D eigenvalue weighted by atomic mass is 10.0. The van der Waals surface area contributed by atoms with Gasteiger partial charge in [-0.15, -0.1) is 0 Å². The maximum atomic E-state index is 2.56. The Morgan fingerprint density at radius 3 is 2.43 bits per heavy atom. The third-order valence-corrected chi connectivity index (χ3v) is 3.05. The molecule has 1 atom stereocenters. The van der Waals surface area contributed by atoms with E-state index in [2.05, 4.69) is 29.0 Å². The lowest BCUT2D eigenvalue weighted by Crippen LogP contribution is -2.51. The lowest BCUT2D eigenvalue weighted by Gasteiger charge is -2.41. The van der Waals surface area contributed by atoms with Gasteiger partial charge in [0.25, 0.3) is 0 Å². The Labute approximate surface area is 88.6 Å². The molecule has 0 aromatic rings. The molecule has 14 heavy (non-hydrogen) atoms. The summed E-state index contributed by atoms with van der Waals surface area (Å²) in [5.74, 6) is 0. The molecule has 82 valence electrons. The first-order valence-corrected chi connectivity index (χ1v) is 5.94. The fourth-order valence-corrected chi connectivity index (χ4v) is 1.95. The standard InChI is InChI=1S/C10H18N2.C2H6/c1-11-8-5-10(11)9-12-6-3-2-4-7-12;1-2/h2-3,10H,4-9H2,1H3;1-2H3. The predicted molar refractivity (Wildman–Crippen MR) is 62.6 cm³/mol. The van der Waals surface area contributed by atoms with E-state index in [9.17, 15) is 0 Å². The topological polar surface area (TPSA) is 6.48 Å². The average Bonchev–Trinajstić information content (AvgIpc) is 2.28. The highest BCUT2D eigenvalue weighted by Crippen LogP contribution is 2.16. The van der Waals surface area contributed by atoms with Gasteiger partial charge < -0.3 is 4.90 Å². The number of likely N-dealkylation sites (tertiary alicyclic amines) is 1. The summed E-state index contributed by atoms with van der Waals surface area (Å²) in [7, 11) is 2.23. The van der Waals surface area contributed by atoms with E-state index in [1.807, 2.05) is 13.8 Å². The van der Waals surface area contributed by atoms with Crippen molar-refractivity contribution in [2.24, 2.45) is 0 Å². The molecular formula is C12H24N2. The van der Waals surface area contributed by atoms with Crippen molar-refractivity contribution in [3.8, 4) is 0 Å². The van der Waals surface area contributed by atoms with Crippen LogP contribution in [0.4, 0.5) is 0 Å². The van der Waals surface area contributed by atoms with Gasteiger partial charge in [-0.2, -0.15) is 0 Å². The van der Waals surface area contributed by atoms with Crippen molar-refractivity contribution in [3.05, 3.63) is 12.2 Å². The molecular weight excluding hydrogens is 172 g/mol. The zero-order valence-electron chi connectivity index (χ0n) is 9.87. The maximum Gasteiger partial charge on any atom is 0.0232 e. The summed E-state index contributed by atoms with van der Waals surface area (Å²) >= 11 is 0. The number of likely N-dealkylation sites (N-methyl/N-ethyl adjacent to an activating group) is 1. The third kappa shape index (κ3) is 3.10. The van der Waals surface area contributed by atoms with E-state index >= 15 is 0 Å². The number of hydrogen-bond donors (Lipinski definition) is 0. The third-order valence-electron chi connectivity index (χ3n) is 3.05. The van der Waals surface area contributed by atoms with Gasteiger partial charge in [-0.3, -0.25) is 4.90 Å². The minimum absolute atomic E-state index is 0.844. The van der Waals surface area contributed by atoms with Crippen LogP contribution in [0.3, 0.4) is 0 Å². The van der Waals surface area contributed by atoms with Crippen molar-refractivity contribution < 1.29 is 0 Å². The van der Waals surface area contributed by atoms with E-state index in [0.29, 0.717) is 0 Å². The van der Waals surface area contributed by atoms with Gasteiger partial charge in [0.05, 0.1) is 0 Å². The molecule has 0 aromatic carbocycles. The van der Waals surface area contributed by atoms with E-state index in [1.165, 1.54) is 39.0 Å². The van der Waals surface area contributed by atoms with Crippen LogP contribution >= 0.6 is 0 Å². The molecule has 0 radical (unpaired) electrons. The molecule has 2 aliphatic rings. The molecule has 2 rings (SSSR count). The normalized spacial score (nSPS) is 27.8. The van der Waals surface area contributed by atoms with Crippen LogP contribution in [0.15, 0.2) is 12.2 Å². The number of hydrogen-bond acceptors (Lipinski definition) is 2. The van der Waals surface area contributed by atoms with Crippen molar-refractivity contribution in [1.82, 2.24) is 9.80 Å². The van der Waals surface area contributed by atoms with Crippen LogP contribution in [0.5, 0.6) is 0 Å². The first kappa shape index (κ1) is 11.7. The van der Waals surface area contributed by atoms with Gasteiger partial charge in [0.1, 0.15) is 0 Å². The lowest BCUT2D eigenvalue weighted by molar-refractivity contribution is 0.0857. The maximum absolute atomic E-state index is 2.56. The highest BCUT2D eigenvalue weighted by atomic mass is 15.2. The molecule has 0 bridgehead atoms. The Morgan fingerprint density at radius 1 is 1.21 bits per heavy atom. The highest BCUT2D eigenvalue weighted by molar-refractivity contribution is 4.93. The summed E-state index contributed by atoms with van der Waals surface area (Å²) in [5, 5.41) is 0. The molecule has 1 saturated heterocycles. The van der Waals surface area contributed by atoms with Gasteiger partial charge in [0.15, 0.2) is 0 Å². The van der Waals surface area contributed by atoms with E-state index in [-0.39, 0.29) is 0 Å². The number of nitrogens with zero attached hydrogens (tertiary/aromatic N) is 2. The van der Waals surface area contributed by atoms with Crippen molar-refractivity contribution >= 4 is 0 Å². The summed E-state index contributed by atoms with van der Waals surface area (Å²) in [6, 6.07) is 0.844. The van der Waals surface area contributed by atoms with E-state index in [0.717, 1.165) is 6.04 Å². The second-order valence-corrected chi connectivity index (χ2v) is 3.94. The Kier molecular flexibility index (Phi) is 5.20. The van der Waals surface area contributed by atoms with Crippen molar-refractivity contribution in [1.29, 1.82) is 0 Å². The fourth-order valence-electron chi connectivity index (χ4n) is 1.95. The second-order valence-electron chi connectivity index (χ2n) is 3.94. The van der Waals surface area contributed by atoms with Gasteiger partial charge in [-0.05, 0) is 26.4 Å². The Balaban J connectivity index is 0.000000461. The van der Waals surface area contributed by atoms with Crippen LogP contribution in [0.25, 0.3) is 0 Å². The van der Waals surface area contributed by atoms with E-state index in [4.69, 9.17) is 0 Å². The molecule has 2 heteroatoms. The summed E-state index contributed by atoms with van der Waals surface area (Å²) in [5.41, 5.74) is 0. The minimum atomic E-state index is 0.844. The smallest absolute Gasteiger partial charge is 0.0232 e. The monoisotopic (exact) mass is 196 g/mol. The predicted octanol–water partition coefficient (Wildman–Crippen LogP) is 1.98. The highest BCUT2D eigenvalue weighted by Gasteiger charge is 2.25. The molecule has 2 nitrogen and oxygen atoms in total. The fraction of sp³-hybridized carbons (Fsp3) is 0.833. The van der Waals surface area contributed by atoms with E-state index < -0.39 is 0 Å². The zero-order chi connectivity index (χ0) is 10.4. The largest absolute Gasteiger partial charge is 0.302 e. The molecule has 0 amide bonds. The molecule has 0 saturated carbocycles. The Bertz CT molecular complexity index is 177. The van der Waals surface area contributed by atoms with Gasteiger partial charge in [0.2, 0.25) is 0 Å². The summed E-state index contributed by atoms with van der Waals surface area (Å²) < 4.78 is 0. The van der Waals surface area contributed by atoms with Crippen LogP contribution < -0.4 is 0 Å². The van der Waals surface area contributed by atoms with Crippen LogP contribution in [0.2, 0.25) is 0 Å². The summed E-state index contributed by atoms with van der Waals surface area (Å²) in [6.45, 7) is 9.01. The Morgan fingerprint density at radius 2 is 2.00 bits per heavy atom. The first-order chi connectivity index (χ1) is 6.86. The van der Waals surface area contributed by atoms with E-state index in [1.54, 1.807) is 0 Å². The summed E-state index contributed by atoms with van der Waals surface area (Å²) in [4.78, 5) is 5.01. The minimum Gasteiger partial charge on any atom is -0.302 e. The molecule has 0 aliphatic carbocycles. The molecule has 2 heterocycles. The number of rotatable bonds is 2. The molecule has 1 unspecified atom stereocenters. The summed E-state index contributed by atoms with van der Waals surface area (Å²) in [6.07, 6.45) is 7.23. The molecule has 0 spiro atoms. The van der Waals surface area contributed by atoms with Crippen molar-refractivity contribution in [3.63, 3.8) is 0 Å². The van der Waals surface area contributed by atoms with Crippen LogP contribution in [-0.2, 0) is 0 Å². The second kappa shape index (κ2) is 6.20. The molecule has 0 N–H and O–H groups in total. The van der Waals surface area contributed by atoms with Gasteiger partial charge >= 0.3 is 0 Å². The molecule has 2 aliphatic heterocycles. The zero-order valence-corrected chi connectivity index (χ0v) is 9.87. The quantitative estimate of drug-likeness (QED) is 0.623. The SMILES string of the molecule is CC.CN1CCC1CN1CC=CCC1. The van der Waals surface area contributed by atoms with Crippen molar-refractivity contribution in [2.45, 2.75) is 32.7 Å². The van der Waals surface area contributed by atoms with Gasteiger partial charge in [-0.25, -0.2) is 0 Å². The Hall–Kier alpha value is -0.340. The molecule has 0 aromatic heterocycles. The van der Waals surface area contributed by atoms with Crippen LogP contribution in [-0.4, -0.2) is 49.1 Å². The molecule has 1 fully saturated rings. The average molecular weight is 196 g/mol. The first-order valence-electron chi connectivity index (χ1n) is 5.94. The van der Waals surface area contributed by atoms with Gasteiger partial charge in [-0.1, -0.05) is 26.0 Å². The van der Waals surface area contributed by atoms with Crippen molar-refractivity contribution in [2.75, 3.05) is 33.2 Å². The van der Waals surface area contributed by atoms with Gasteiger partial charge in [0, 0.05) is 25.7 Å².